The fraction of sp³-hybridized carbons (Fsp3) is 0.700. The highest BCUT2D eigenvalue weighted by Gasteiger charge is 2.31. The number of hydrogen-bond donors (Lipinski definition) is 0. The number of hydrogen-bond acceptors (Lipinski definition) is 5. The van der Waals surface area contributed by atoms with Crippen LogP contribution in [0.2, 0.25) is 0 Å². The molecule has 1 aliphatic heterocycles. The maximum absolute atomic E-state index is 12.9. The van der Waals surface area contributed by atoms with Crippen molar-refractivity contribution in [2.24, 2.45) is 11.8 Å². The van der Waals surface area contributed by atoms with E-state index in [2.05, 4.69) is 16.8 Å². The van der Waals surface area contributed by atoms with E-state index in [4.69, 9.17) is 0 Å². The first-order valence-corrected chi connectivity index (χ1v) is 10.2. The normalized spacial score (nSPS) is 23.3. The number of anilines is 1. The Labute approximate surface area is 160 Å². The average Bonchev–Trinajstić information content (AvgIpc) is 2.72. The Bertz CT molecular complexity index is 633. The predicted octanol–water partition coefficient (Wildman–Crippen LogP) is 3.64. The van der Waals surface area contributed by atoms with Crippen molar-refractivity contribution in [1.29, 1.82) is 0 Å². The van der Waals surface area contributed by atoms with E-state index in [1.165, 1.54) is 44.4 Å². The van der Waals surface area contributed by atoms with Gasteiger partial charge in [-0.25, -0.2) is 4.98 Å². The highest BCUT2D eigenvalue weighted by Crippen LogP contribution is 2.33. The van der Waals surface area contributed by atoms with Gasteiger partial charge in [-0.3, -0.25) is 14.9 Å². The monoisotopic (exact) mass is 374 g/mol. The molecule has 0 bridgehead atoms. The molecule has 0 unspecified atom stereocenters. The van der Waals surface area contributed by atoms with Crippen LogP contribution in [0, 0.1) is 22.0 Å². The standard InChI is InChI=1S/C20H30N4O3/c1-2-3-4-16-5-7-17(8-6-16)20(25)23-13-11-22(12-14-23)19-10-9-18(15-21-19)24(26)27/h9-10,15-17H,2-8,11-14H2,1H3. The molecule has 3 rings (SSSR count). The number of aromatic nitrogens is 1. The van der Waals surface area contributed by atoms with Crippen molar-refractivity contribution in [3.8, 4) is 0 Å². The van der Waals surface area contributed by atoms with Crippen molar-refractivity contribution in [3.05, 3.63) is 28.4 Å². The summed E-state index contributed by atoms with van der Waals surface area (Å²) in [6.07, 6.45) is 9.65. The first-order valence-electron chi connectivity index (χ1n) is 10.2. The average molecular weight is 374 g/mol. The van der Waals surface area contributed by atoms with Gasteiger partial charge < -0.3 is 9.80 Å². The second kappa shape index (κ2) is 9.15. The summed E-state index contributed by atoms with van der Waals surface area (Å²) in [5.41, 5.74) is 0.00195. The van der Waals surface area contributed by atoms with Crippen molar-refractivity contribution in [3.63, 3.8) is 0 Å². The fourth-order valence-electron chi connectivity index (χ4n) is 4.28. The van der Waals surface area contributed by atoms with Gasteiger partial charge in [0.1, 0.15) is 12.0 Å². The van der Waals surface area contributed by atoms with E-state index >= 15 is 0 Å². The van der Waals surface area contributed by atoms with E-state index in [-0.39, 0.29) is 11.6 Å². The molecule has 0 radical (unpaired) electrons. The van der Waals surface area contributed by atoms with E-state index in [1.807, 2.05) is 4.90 Å². The summed E-state index contributed by atoms with van der Waals surface area (Å²) >= 11 is 0. The van der Waals surface area contributed by atoms with Crippen molar-refractivity contribution in [1.82, 2.24) is 9.88 Å². The van der Waals surface area contributed by atoms with Crippen molar-refractivity contribution >= 4 is 17.4 Å². The number of nitrogens with zero attached hydrogens (tertiary/aromatic N) is 4. The third kappa shape index (κ3) is 4.96. The Balaban J connectivity index is 1.46. The summed E-state index contributed by atoms with van der Waals surface area (Å²) in [6.45, 7) is 5.09. The van der Waals surface area contributed by atoms with Crippen molar-refractivity contribution in [2.75, 3.05) is 31.1 Å². The second-order valence-electron chi connectivity index (χ2n) is 7.80. The Kier molecular flexibility index (Phi) is 6.63. The lowest BCUT2D eigenvalue weighted by Crippen LogP contribution is -2.51. The van der Waals surface area contributed by atoms with Crippen LogP contribution in [-0.4, -0.2) is 46.9 Å². The first kappa shape index (κ1) is 19.6. The van der Waals surface area contributed by atoms with Crippen molar-refractivity contribution < 1.29 is 9.72 Å². The molecule has 1 amide bonds. The molecule has 2 fully saturated rings. The molecule has 1 aliphatic carbocycles. The summed E-state index contributed by atoms with van der Waals surface area (Å²) < 4.78 is 0. The minimum atomic E-state index is -0.440. The Morgan fingerprint density at radius 3 is 2.44 bits per heavy atom. The van der Waals surface area contributed by atoms with E-state index in [0.717, 1.165) is 37.7 Å². The van der Waals surface area contributed by atoms with Gasteiger partial charge in [0.25, 0.3) is 5.69 Å². The Hall–Kier alpha value is -2.18. The van der Waals surface area contributed by atoms with Gasteiger partial charge in [-0.2, -0.15) is 0 Å². The molecule has 148 valence electrons. The largest absolute Gasteiger partial charge is 0.353 e. The summed E-state index contributed by atoms with van der Waals surface area (Å²) in [4.78, 5) is 31.4. The number of nitro groups is 1. The third-order valence-electron chi connectivity index (χ3n) is 6.02. The smallest absolute Gasteiger partial charge is 0.287 e. The zero-order chi connectivity index (χ0) is 19.2. The maximum atomic E-state index is 12.9. The van der Waals surface area contributed by atoms with E-state index < -0.39 is 4.92 Å². The molecule has 1 aromatic rings. The molecule has 0 aromatic carbocycles. The topological polar surface area (TPSA) is 79.6 Å². The quantitative estimate of drug-likeness (QED) is 0.561. The minimum Gasteiger partial charge on any atom is -0.353 e. The molecule has 27 heavy (non-hydrogen) atoms. The molecule has 1 saturated heterocycles. The summed E-state index contributed by atoms with van der Waals surface area (Å²) in [6, 6.07) is 3.17. The lowest BCUT2D eigenvalue weighted by atomic mass is 9.79. The Morgan fingerprint density at radius 1 is 1.19 bits per heavy atom. The van der Waals surface area contributed by atoms with Crippen LogP contribution in [0.15, 0.2) is 18.3 Å². The number of unbranched alkanes of at least 4 members (excludes halogenated alkanes) is 1. The van der Waals surface area contributed by atoms with Crippen molar-refractivity contribution in [2.45, 2.75) is 51.9 Å². The van der Waals surface area contributed by atoms with E-state index in [9.17, 15) is 14.9 Å². The SMILES string of the molecule is CCCCC1CCC(C(=O)N2CCN(c3ccc([N+](=O)[O-])cn3)CC2)CC1. The summed E-state index contributed by atoms with van der Waals surface area (Å²) in [7, 11) is 0. The molecule has 0 spiro atoms. The maximum Gasteiger partial charge on any atom is 0.287 e. The highest BCUT2D eigenvalue weighted by atomic mass is 16.6. The van der Waals surface area contributed by atoms with Crippen LogP contribution in [0.3, 0.4) is 0 Å². The van der Waals surface area contributed by atoms with Crippen LogP contribution in [0.5, 0.6) is 0 Å². The van der Waals surface area contributed by atoms with E-state index in [1.54, 1.807) is 6.07 Å². The van der Waals surface area contributed by atoms with Gasteiger partial charge in [-0.1, -0.05) is 26.2 Å². The molecule has 0 N–H and O–H groups in total. The second-order valence-corrected chi connectivity index (χ2v) is 7.80. The van der Waals surface area contributed by atoms with Crippen LogP contribution in [0.4, 0.5) is 11.5 Å². The molecular weight excluding hydrogens is 344 g/mol. The molecule has 7 heteroatoms. The van der Waals surface area contributed by atoms with Gasteiger partial charge >= 0.3 is 0 Å². The lowest BCUT2D eigenvalue weighted by molar-refractivity contribution is -0.385. The summed E-state index contributed by atoms with van der Waals surface area (Å²) in [5.74, 6) is 2.08. The number of amides is 1. The zero-order valence-corrected chi connectivity index (χ0v) is 16.2. The Morgan fingerprint density at radius 2 is 1.89 bits per heavy atom. The van der Waals surface area contributed by atoms with Crippen LogP contribution in [0.25, 0.3) is 0 Å². The first-order chi connectivity index (χ1) is 13.1. The lowest BCUT2D eigenvalue weighted by Gasteiger charge is -2.38. The van der Waals surface area contributed by atoms with Gasteiger partial charge in [0.05, 0.1) is 4.92 Å². The predicted molar refractivity (Wildman–Crippen MR) is 105 cm³/mol. The molecule has 1 aromatic heterocycles. The van der Waals surface area contributed by atoms with Crippen LogP contribution in [0.1, 0.15) is 51.9 Å². The number of rotatable bonds is 6. The summed E-state index contributed by atoms with van der Waals surface area (Å²) in [5, 5.41) is 10.7. The van der Waals surface area contributed by atoms with Crippen LogP contribution in [-0.2, 0) is 4.79 Å². The molecule has 0 atom stereocenters. The highest BCUT2D eigenvalue weighted by molar-refractivity contribution is 5.79. The van der Waals surface area contributed by atoms with Gasteiger partial charge in [-0.05, 0) is 37.7 Å². The molecule has 2 aliphatic rings. The number of carbonyl (C=O) groups is 1. The molecule has 1 saturated carbocycles. The van der Waals surface area contributed by atoms with Crippen LogP contribution >= 0.6 is 0 Å². The fourth-order valence-corrected chi connectivity index (χ4v) is 4.28. The molecular formula is C20H30N4O3. The number of pyridine rings is 1. The molecule has 2 heterocycles. The van der Waals surface area contributed by atoms with E-state index in [0.29, 0.717) is 19.0 Å². The zero-order valence-electron chi connectivity index (χ0n) is 16.2. The minimum absolute atomic E-state index is 0.00195. The van der Waals surface area contributed by atoms with Gasteiger partial charge in [0.2, 0.25) is 5.91 Å². The van der Waals surface area contributed by atoms with Crippen LogP contribution < -0.4 is 4.90 Å². The number of carbonyl (C=O) groups excluding carboxylic acids is 1. The van der Waals surface area contributed by atoms with Gasteiger partial charge in [-0.15, -0.1) is 0 Å². The van der Waals surface area contributed by atoms with Gasteiger partial charge in [0.15, 0.2) is 0 Å². The van der Waals surface area contributed by atoms with Gasteiger partial charge in [0, 0.05) is 38.2 Å². The number of piperazine rings is 1. The molecule has 7 nitrogen and oxygen atoms in total. The third-order valence-corrected chi connectivity index (χ3v) is 6.02.